The van der Waals surface area contributed by atoms with Gasteiger partial charge < -0.3 is 15.0 Å². The first kappa shape index (κ1) is 15.7. The number of methoxy groups -OCH3 is 1. The summed E-state index contributed by atoms with van der Waals surface area (Å²) in [6.45, 7) is 7.02. The molecule has 1 N–H and O–H groups in total. The van der Waals surface area contributed by atoms with E-state index in [0.29, 0.717) is 36.3 Å². The highest BCUT2D eigenvalue weighted by atomic mass is 16.5. The largest absolute Gasteiger partial charge is 0.378 e. The number of rotatable bonds is 6. The van der Waals surface area contributed by atoms with Crippen molar-refractivity contribution in [3.8, 4) is 0 Å². The van der Waals surface area contributed by atoms with Gasteiger partial charge in [0.15, 0.2) is 0 Å². The smallest absolute Gasteiger partial charge is 0.254 e. The summed E-state index contributed by atoms with van der Waals surface area (Å²) in [5, 5.41) is 2.90. The average molecular weight is 292 g/mol. The van der Waals surface area contributed by atoms with E-state index in [0.717, 1.165) is 13.1 Å². The van der Waals surface area contributed by atoms with Crippen LogP contribution in [-0.4, -0.2) is 42.6 Å². The van der Waals surface area contributed by atoms with Gasteiger partial charge in [0.1, 0.15) is 0 Å². The lowest BCUT2D eigenvalue weighted by Crippen LogP contribution is -2.29. The van der Waals surface area contributed by atoms with Crippen LogP contribution in [-0.2, 0) is 11.3 Å². The fourth-order valence-electron chi connectivity index (χ4n) is 2.30. The molecule has 0 unspecified atom stereocenters. The molecule has 0 aromatic carbocycles. The number of carbonyl (C=O) groups excluding carboxylic acids is 1. The summed E-state index contributed by atoms with van der Waals surface area (Å²) in [6, 6.07) is 0. The molecule has 21 heavy (non-hydrogen) atoms. The molecule has 0 saturated carbocycles. The monoisotopic (exact) mass is 292 g/mol. The van der Waals surface area contributed by atoms with Gasteiger partial charge in [-0.25, -0.2) is 9.97 Å². The Kier molecular flexibility index (Phi) is 5.50. The van der Waals surface area contributed by atoms with E-state index < -0.39 is 0 Å². The van der Waals surface area contributed by atoms with E-state index in [1.807, 2.05) is 0 Å². The number of nitrogens with one attached hydrogen (secondary N) is 1. The summed E-state index contributed by atoms with van der Waals surface area (Å²) in [5.74, 6) is 0.966. The quantitative estimate of drug-likeness (QED) is 0.863. The van der Waals surface area contributed by atoms with E-state index in [-0.39, 0.29) is 5.91 Å². The highest BCUT2D eigenvalue weighted by Gasteiger charge is 2.19. The average Bonchev–Trinajstić information content (AvgIpc) is 2.99. The maximum Gasteiger partial charge on any atom is 0.254 e. The molecule has 0 bridgehead atoms. The van der Waals surface area contributed by atoms with Crippen molar-refractivity contribution in [3.63, 3.8) is 0 Å². The van der Waals surface area contributed by atoms with Crippen molar-refractivity contribution in [3.05, 3.63) is 17.5 Å². The van der Waals surface area contributed by atoms with E-state index in [1.54, 1.807) is 13.3 Å². The van der Waals surface area contributed by atoms with Gasteiger partial charge in [-0.1, -0.05) is 13.8 Å². The van der Waals surface area contributed by atoms with Crippen molar-refractivity contribution in [2.75, 3.05) is 31.6 Å². The van der Waals surface area contributed by atoms with E-state index in [4.69, 9.17) is 4.74 Å². The highest BCUT2D eigenvalue weighted by molar-refractivity contribution is 5.95. The molecule has 1 amide bonds. The zero-order valence-corrected chi connectivity index (χ0v) is 13.1. The van der Waals surface area contributed by atoms with Gasteiger partial charge in [-0.3, -0.25) is 4.79 Å². The SMILES string of the molecule is COCc1nc(N2CCCC2)ncc1C(=O)NCC(C)C. The van der Waals surface area contributed by atoms with Crippen LogP contribution in [0.3, 0.4) is 0 Å². The molecule has 0 aliphatic carbocycles. The van der Waals surface area contributed by atoms with Crippen LogP contribution in [0.5, 0.6) is 0 Å². The highest BCUT2D eigenvalue weighted by Crippen LogP contribution is 2.17. The number of anilines is 1. The second kappa shape index (κ2) is 7.36. The second-order valence-corrected chi connectivity index (χ2v) is 5.76. The Labute approximate surface area is 125 Å². The zero-order chi connectivity index (χ0) is 15.2. The summed E-state index contributed by atoms with van der Waals surface area (Å²) in [7, 11) is 1.60. The third kappa shape index (κ3) is 4.14. The second-order valence-electron chi connectivity index (χ2n) is 5.76. The molecular formula is C15H24N4O2. The summed E-state index contributed by atoms with van der Waals surface area (Å²) < 4.78 is 5.17. The molecule has 0 radical (unpaired) electrons. The number of hydrogen-bond acceptors (Lipinski definition) is 5. The molecule has 1 fully saturated rings. The van der Waals surface area contributed by atoms with Gasteiger partial charge in [0.2, 0.25) is 5.95 Å². The predicted molar refractivity (Wildman–Crippen MR) is 81.4 cm³/mol. The van der Waals surface area contributed by atoms with E-state index in [2.05, 4.69) is 34.0 Å². The molecule has 0 atom stereocenters. The van der Waals surface area contributed by atoms with Crippen LogP contribution < -0.4 is 10.2 Å². The Morgan fingerprint density at radius 1 is 1.43 bits per heavy atom. The molecule has 2 heterocycles. The Balaban J connectivity index is 2.17. The van der Waals surface area contributed by atoms with Crippen molar-refractivity contribution < 1.29 is 9.53 Å². The maximum absolute atomic E-state index is 12.2. The molecule has 6 nitrogen and oxygen atoms in total. The van der Waals surface area contributed by atoms with Crippen molar-refractivity contribution in [2.24, 2.45) is 5.92 Å². The van der Waals surface area contributed by atoms with Gasteiger partial charge in [-0.05, 0) is 18.8 Å². The normalized spacial score (nSPS) is 14.8. The van der Waals surface area contributed by atoms with Gasteiger partial charge in [-0.15, -0.1) is 0 Å². The molecule has 116 valence electrons. The number of carbonyl (C=O) groups is 1. The zero-order valence-electron chi connectivity index (χ0n) is 13.1. The van der Waals surface area contributed by atoms with Gasteiger partial charge in [0.05, 0.1) is 17.9 Å². The molecule has 1 aromatic heterocycles. The first-order chi connectivity index (χ1) is 10.1. The molecule has 1 aromatic rings. The lowest BCUT2D eigenvalue weighted by atomic mass is 10.2. The lowest BCUT2D eigenvalue weighted by Gasteiger charge is -2.17. The Bertz CT molecular complexity index is 485. The molecule has 1 saturated heterocycles. The van der Waals surface area contributed by atoms with E-state index in [9.17, 15) is 4.79 Å². The lowest BCUT2D eigenvalue weighted by molar-refractivity contribution is 0.0942. The van der Waals surface area contributed by atoms with Crippen LogP contribution >= 0.6 is 0 Å². The number of amides is 1. The molecule has 6 heteroatoms. The Morgan fingerprint density at radius 3 is 2.76 bits per heavy atom. The third-order valence-corrected chi connectivity index (χ3v) is 3.44. The number of nitrogens with zero attached hydrogens (tertiary/aromatic N) is 3. The minimum Gasteiger partial charge on any atom is -0.378 e. The molecule has 1 aliphatic rings. The summed E-state index contributed by atoms with van der Waals surface area (Å²) in [5.41, 5.74) is 1.15. The van der Waals surface area contributed by atoms with Crippen molar-refractivity contribution in [2.45, 2.75) is 33.3 Å². The van der Waals surface area contributed by atoms with Crippen LogP contribution in [0, 0.1) is 5.92 Å². The van der Waals surface area contributed by atoms with Crippen LogP contribution in [0.15, 0.2) is 6.20 Å². The Morgan fingerprint density at radius 2 is 2.14 bits per heavy atom. The molecular weight excluding hydrogens is 268 g/mol. The minimum absolute atomic E-state index is 0.135. The van der Waals surface area contributed by atoms with Crippen LogP contribution in [0.1, 0.15) is 42.7 Å². The Hall–Kier alpha value is -1.69. The van der Waals surface area contributed by atoms with Gasteiger partial charge in [0.25, 0.3) is 5.91 Å². The standard InChI is InChI=1S/C15H24N4O2/c1-11(2)8-16-14(20)12-9-17-15(18-13(12)10-21-3)19-6-4-5-7-19/h9,11H,4-8,10H2,1-3H3,(H,16,20). The first-order valence-corrected chi connectivity index (χ1v) is 7.49. The molecule has 0 spiro atoms. The fraction of sp³-hybridized carbons (Fsp3) is 0.667. The summed E-state index contributed by atoms with van der Waals surface area (Å²) in [4.78, 5) is 23.2. The fourth-order valence-corrected chi connectivity index (χ4v) is 2.30. The molecule has 2 rings (SSSR count). The maximum atomic E-state index is 12.2. The van der Waals surface area contributed by atoms with Gasteiger partial charge in [0, 0.05) is 32.9 Å². The third-order valence-electron chi connectivity index (χ3n) is 3.44. The van der Waals surface area contributed by atoms with Gasteiger partial charge >= 0.3 is 0 Å². The van der Waals surface area contributed by atoms with E-state index in [1.165, 1.54) is 12.8 Å². The number of hydrogen-bond donors (Lipinski definition) is 1. The first-order valence-electron chi connectivity index (χ1n) is 7.49. The van der Waals surface area contributed by atoms with E-state index >= 15 is 0 Å². The topological polar surface area (TPSA) is 67.3 Å². The predicted octanol–water partition coefficient (Wildman–Crippen LogP) is 1.61. The van der Waals surface area contributed by atoms with Crippen LogP contribution in [0.4, 0.5) is 5.95 Å². The van der Waals surface area contributed by atoms with Crippen molar-refractivity contribution in [1.82, 2.24) is 15.3 Å². The minimum atomic E-state index is -0.135. The number of ether oxygens (including phenoxy) is 1. The van der Waals surface area contributed by atoms with Gasteiger partial charge in [-0.2, -0.15) is 0 Å². The van der Waals surface area contributed by atoms with Crippen LogP contribution in [0.2, 0.25) is 0 Å². The van der Waals surface area contributed by atoms with Crippen molar-refractivity contribution in [1.29, 1.82) is 0 Å². The summed E-state index contributed by atoms with van der Waals surface area (Å²) >= 11 is 0. The van der Waals surface area contributed by atoms with Crippen molar-refractivity contribution >= 4 is 11.9 Å². The number of aromatic nitrogens is 2. The summed E-state index contributed by atoms with van der Waals surface area (Å²) in [6.07, 6.45) is 3.95. The molecule has 1 aliphatic heterocycles. The van der Waals surface area contributed by atoms with Crippen LogP contribution in [0.25, 0.3) is 0 Å².